The highest BCUT2D eigenvalue weighted by Crippen LogP contribution is 2.11. The summed E-state index contributed by atoms with van der Waals surface area (Å²) in [6.07, 6.45) is 3.79. The number of rotatable bonds is 7. The highest BCUT2D eigenvalue weighted by atomic mass is 32.2. The summed E-state index contributed by atoms with van der Waals surface area (Å²) < 4.78 is 32.0. The Hall–Kier alpha value is -1.64. The number of nitrogens with one attached hydrogen (secondary N) is 3. The van der Waals surface area contributed by atoms with Crippen LogP contribution >= 0.6 is 0 Å². The van der Waals surface area contributed by atoms with Gasteiger partial charge in [0, 0.05) is 24.9 Å². The van der Waals surface area contributed by atoms with Crippen LogP contribution < -0.4 is 10.0 Å². The van der Waals surface area contributed by atoms with Gasteiger partial charge in [-0.05, 0) is 13.1 Å². The number of sulfonamides is 1. The SMILES string of the molecule is CCc1cnc(CNS(=O)(=O)c2c[nH]c(CNC)c2)o1. The fraction of sp³-hybridized carbons (Fsp3) is 0.417. The van der Waals surface area contributed by atoms with Crippen LogP contribution in [-0.2, 0) is 29.5 Å². The van der Waals surface area contributed by atoms with Gasteiger partial charge < -0.3 is 14.7 Å². The maximum Gasteiger partial charge on any atom is 0.242 e. The molecule has 0 aliphatic carbocycles. The topological polar surface area (TPSA) is 100 Å². The number of hydrogen-bond donors (Lipinski definition) is 3. The lowest BCUT2D eigenvalue weighted by atomic mass is 10.4. The second kappa shape index (κ2) is 6.21. The van der Waals surface area contributed by atoms with E-state index < -0.39 is 10.0 Å². The standard InChI is InChI=1S/C12H18N4O3S/c1-3-10-6-15-12(19-10)8-16-20(17,18)11-4-9(5-13-2)14-7-11/h4,6-7,13-14,16H,3,5,8H2,1-2H3. The van der Waals surface area contributed by atoms with Gasteiger partial charge in [-0.3, -0.25) is 0 Å². The van der Waals surface area contributed by atoms with Crippen LogP contribution in [0.15, 0.2) is 27.8 Å². The van der Waals surface area contributed by atoms with Crippen molar-refractivity contribution >= 4 is 10.0 Å². The predicted octanol–water partition coefficient (Wildman–Crippen LogP) is 0.763. The van der Waals surface area contributed by atoms with E-state index in [1.807, 2.05) is 6.92 Å². The molecule has 0 aliphatic heterocycles. The predicted molar refractivity (Wildman–Crippen MR) is 73.5 cm³/mol. The average Bonchev–Trinajstić information content (AvgIpc) is 3.06. The van der Waals surface area contributed by atoms with Crippen molar-refractivity contribution in [1.29, 1.82) is 0 Å². The van der Waals surface area contributed by atoms with E-state index in [4.69, 9.17) is 4.42 Å². The third-order valence-corrected chi connectivity index (χ3v) is 4.14. The van der Waals surface area contributed by atoms with Gasteiger partial charge in [-0.15, -0.1) is 0 Å². The number of H-pyrrole nitrogens is 1. The normalized spacial score (nSPS) is 11.9. The minimum absolute atomic E-state index is 0.0366. The summed E-state index contributed by atoms with van der Waals surface area (Å²) in [4.78, 5) is 7.11. The molecule has 0 unspecified atom stereocenters. The highest BCUT2D eigenvalue weighted by molar-refractivity contribution is 7.89. The molecule has 2 aromatic heterocycles. The van der Waals surface area contributed by atoms with Crippen LogP contribution in [0.3, 0.4) is 0 Å². The van der Waals surface area contributed by atoms with E-state index >= 15 is 0 Å². The van der Waals surface area contributed by atoms with E-state index in [1.165, 1.54) is 6.20 Å². The van der Waals surface area contributed by atoms with Gasteiger partial charge in [0.1, 0.15) is 5.76 Å². The van der Waals surface area contributed by atoms with Crippen molar-refractivity contribution < 1.29 is 12.8 Å². The minimum atomic E-state index is -3.56. The first-order valence-electron chi connectivity index (χ1n) is 6.30. The summed E-state index contributed by atoms with van der Waals surface area (Å²) in [5.74, 6) is 1.09. The van der Waals surface area contributed by atoms with Gasteiger partial charge in [-0.25, -0.2) is 18.1 Å². The molecule has 3 N–H and O–H groups in total. The van der Waals surface area contributed by atoms with Gasteiger partial charge in [0.25, 0.3) is 0 Å². The van der Waals surface area contributed by atoms with E-state index in [0.29, 0.717) is 12.4 Å². The smallest absolute Gasteiger partial charge is 0.242 e. The maximum absolute atomic E-state index is 12.1. The van der Waals surface area contributed by atoms with Crippen molar-refractivity contribution in [2.24, 2.45) is 0 Å². The molecule has 20 heavy (non-hydrogen) atoms. The molecule has 2 rings (SSSR count). The fourth-order valence-corrected chi connectivity index (χ4v) is 2.69. The molecule has 0 aliphatic rings. The molecule has 2 heterocycles. The molecule has 7 nitrogen and oxygen atoms in total. The van der Waals surface area contributed by atoms with Crippen molar-refractivity contribution in [2.75, 3.05) is 7.05 Å². The lowest BCUT2D eigenvalue weighted by Crippen LogP contribution is -2.23. The molecule has 0 radical (unpaired) electrons. The maximum atomic E-state index is 12.1. The molecule has 0 amide bonds. The Labute approximate surface area is 117 Å². The highest BCUT2D eigenvalue weighted by Gasteiger charge is 2.16. The van der Waals surface area contributed by atoms with Crippen LogP contribution in [0.4, 0.5) is 0 Å². The van der Waals surface area contributed by atoms with Crippen molar-refractivity contribution in [3.05, 3.63) is 35.8 Å². The van der Waals surface area contributed by atoms with E-state index in [2.05, 4.69) is 20.0 Å². The molecule has 0 saturated heterocycles. The Morgan fingerprint density at radius 2 is 2.20 bits per heavy atom. The van der Waals surface area contributed by atoms with Crippen molar-refractivity contribution in [3.8, 4) is 0 Å². The first kappa shape index (κ1) is 14.8. The Morgan fingerprint density at radius 3 is 2.85 bits per heavy atom. The summed E-state index contributed by atoms with van der Waals surface area (Å²) in [6, 6.07) is 1.59. The Bertz CT molecular complexity index is 660. The molecule has 0 spiro atoms. The zero-order chi connectivity index (χ0) is 14.6. The molecule has 110 valence electrons. The van der Waals surface area contributed by atoms with Crippen LogP contribution in [-0.4, -0.2) is 25.4 Å². The Morgan fingerprint density at radius 1 is 1.40 bits per heavy atom. The molecule has 8 heteroatoms. The molecule has 0 atom stereocenters. The van der Waals surface area contributed by atoms with Gasteiger partial charge >= 0.3 is 0 Å². The van der Waals surface area contributed by atoms with E-state index in [0.717, 1.165) is 17.9 Å². The van der Waals surface area contributed by atoms with Crippen LogP contribution in [0.25, 0.3) is 0 Å². The zero-order valence-electron chi connectivity index (χ0n) is 11.4. The number of hydrogen-bond acceptors (Lipinski definition) is 5. The van der Waals surface area contributed by atoms with Gasteiger partial charge in [0.15, 0.2) is 0 Å². The monoisotopic (exact) mass is 298 g/mol. The summed E-state index contributed by atoms with van der Waals surface area (Å²) in [5.41, 5.74) is 0.803. The molecule has 0 bridgehead atoms. The van der Waals surface area contributed by atoms with Crippen LogP contribution in [0.5, 0.6) is 0 Å². The van der Waals surface area contributed by atoms with Gasteiger partial charge in [0.2, 0.25) is 15.9 Å². The first-order valence-corrected chi connectivity index (χ1v) is 7.78. The summed E-state index contributed by atoms with van der Waals surface area (Å²) >= 11 is 0. The van der Waals surface area contributed by atoms with Crippen LogP contribution in [0.1, 0.15) is 24.3 Å². The average molecular weight is 298 g/mol. The Kier molecular flexibility index (Phi) is 4.58. The van der Waals surface area contributed by atoms with E-state index in [9.17, 15) is 8.42 Å². The minimum Gasteiger partial charge on any atom is -0.444 e. The molecule has 0 saturated carbocycles. The molecular weight excluding hydrogens is 280 g/mol. The molecule has 0 fully saturated rings. The molecule has 0 aromatic carbocycles. The molecular formula is C12H18N4O3S. The third-order valence-electron chi connectivity index (χ3n) is 2.76. The largest absolute Gasteiger partial charge is 0.444 e. The number of aromatic nitrogens is 2. The summed E-state index contributed by atoms with van der Waals surface area (Å²) in [5, 5.41) is 2.94. The van der Waals surface area contributed by atoms with Gasteiger partial charge in [0.05, 0.1) is 17.6 Å². The summed E-state index contributed by atoms with van der Waals surface area (Å²) in [6.45, 7) is 2.56. The zero-order valence-corrected chi connectivity index (χ0v) is 12.3. The summed E-state index contributed by atoms with van der Waals surface area (Å²) in [7, 11) is -1.77. The Balaban J connectivity index is 2.02. The number of aromatic amines is 1. The third kappa shape index (κ3) is 3.47. The second-order valence-electron chi connectivity index (χ2n) is 4.29. The van der Waals surface area contributed by atoms with E-state index in [-0.39, 0.29) is 11.4 Å². The van der Waals surface area contributed by atoms with Gasteiger partial charge in [-0.2, -0.15) is 0 Å². The fourth-order valence-electron chi connectivity index (χ4n) is 1.70. The first-order chi connectivity index (χ1) is 9.55. The quantitative estimate of drug-likeness (QED) is 0.701. The number of oxazole rings is 1. The number of nitrogens with zero attached hydrogens (tertiary/aromatic N) is 1. The van der Waals surface area contributed by atoms with Crippen LogP contribution in [0, 0.1) is 0 Å². The van der Waals surface area contributed by atoms with Crippen molar-refractivity contribution in [1.82, 2.24) is 20.0 Å². The lowest BCUT2D eigenvalue weighted by molar-refractivity contribution is 0.452. The van der Waals surface area contributed by atoms with Crippen molar-refractivity contribution in [3.63, 3.8) is 0 Å². The van der Waals surface area contributed by atoms with Crippen LogP contribution in [0.2, 0.25) is 0 Å². The lowest BCUT2D eigenvalue weighted by Gasteiger charge is -2.01. The number of aryl methyl sites for hydroxylation is 1. The van der Waals surface area contributed by atoms with E-state index in [1.54, 1.807) is 19.3 Å². The molecule has 2 aromatic rings. The van der Waals surface area contributed by atoms with Gasteiger partial charge in [-0.1, -0.05) is 6.92 Å². The second-order valence-corrected chi connectivity index (χ2v) is 6.06. The van der Waals surface area contributed by atoms with Crippen molar-refractivity contribution in [2.45, 2.75) is 31.3 Å².